The molecule has 11 heavy (non-hydrogen) atoms. The van der Waals surface area contributed by atoms with Gasteiger partial charge < -0.3 is 15.8 Å². The minimum atomic E-state index is -0.570. The molecule has 3 N–H and O–H groups in total. The topological polar surface area (TPSA) is 81.4 Å². The van der Waals surface area contributed by atoms with Crippen LogP contribution >= 0.6 is 0 Å². The lowest BCUT2D eigenvalue weighted by molar-refractivity contribution is -0.143. The Morgan fingerprint density at radius 3 is 2.82 bits per heavy atom. The first-order valence-electron chi connectivity index (χ1n) is 3.29. The second kappa shape index (κ2) is 2.87. The van der Waals surface area contributed by atoms with Gasteiger partial charge >= 0.3 is 5.97 Å². The highest BCUT2D eigenvalue weighted by atomic mass is 16.5. The third-order valence-corrected chi connectivity index (χ3v) is 1.63. The number of esters is 1. The van der Waals surface area contributed by atoms with Crippen molar-refractivity contribution in [2.24, 2.45) is 5.73 Å². The molecule has 62 valence electrons. The Morgan fingerprint density at radius 1 is 1.82 bits per heavy atom. The summed E-state index contributed by atoms with van der Waals surface area (Å²) in [4.78, 5) is 21.6. The van der Waals surface area contributed by atoms with Gasteiger partial charge in [-0.25, -0.2) is 4.79 Å². The predicted molar refractivity (Wildman–Crippen MR) is 36.5 cm³/mol. The van der Waals surface area contributed by atoms with Crippen molar-refractivity contribution in [3.63, 3.8) is 0 Å². The molecular formula is C6H10N2O3. The number of methoxy groups -OCH3 is 1. The average Bonchev–Trinajstić information content (AvgIpc) is 2.31. The zero-order valence-electron chi connectivity index (χ0n) is 6.16. The van der Waals surface area contributed by atoms with Crippen molar-refractivity contribution in [3.8, 4) is 0 Å². The first-order valence-corrected chi connectivity index (χ1v) is 3.29. The van der Waals surface area contributed by atoms with Gasteiger partial charge in [0.1, 0.15) is 6.04 Å². The molecular weight excluding hydrogens is 148 g/mol. The molecule has 1 fully saturated rings. The molecule has 0 spiro atoms. The van der Waals surface area contributed by atoms with E-state index in [9.17, 15) is 9.59 Å². The van der Waals surface area contributed by atoms with E-state index in [0.717, 1.165) is 0 Å². The summed E-state index contributed by atoms with van der Waals surface area (Å²) in [5, 5.41) is 2.42. The number of carbonyl (C=O) groups is 2. The SMILES string of the molecule is COC(=O)C1CC(N)C(=O)N1. The highest BCUT2D eigenvalue weighted by Gasteiger charge is 2.34. The van der Waals surface area contributed by atoms with Crippen LogP contribution in [-0.4, -0.2) is 31.1 Å². The number of ether oxygens (including phenoxy) is 1. The Bertz CT molecular complexity index is 192. The van der Waals surface area contributed by atoms with E-state index >= 15 is 0 Å². The van der Waals surface area contributed by atoms with E-state index in [1.807, 2.05) is 0 Å². The van der Waals surface area contributed by atoms with Gasteiger partial charge in [0.2, 0.25) is 5.91 Å². The molecule has 1 aliphatic heterocycles. The van der Waals surface area contributed by atoms with Crippen LogP contribution in [0.15, 0.2) is 0 Å². The second-order valence-corrected chi connectivity index (χ2v) is 2.43. The third kappa shape index (κ3) is 1.48. The standard InChI is InChI=1S/C6H10N2O3/c1-11-6(10)4-2-3(7)5(9)8-4/h3-4H,2,7H2,1H3,(H,8,9). The Hall–Kier alpha value is -1.10. The van der Waals surface area contributed by atoms with Crippen LogP contribution in [0.3, 0.4) is 0 Å². The highest BCUT2D eigenvalue weighted by Crippen LogP contribution is 2.06. The van der Waals surface area contributed by atoms with Crippen LogP contribution in [0, 0.1) is 0 Å². The van der Waals surface area contributed by atoms with E-state index in [-0.39, 0.29) is 5.91 Å². The summed E-state index contributed by atoms with van der Waals surface area (Å²) < 4.78 is 4.42. The van der Waals surface area contributed by atoms with Crippen LogP contribution in [-0.2, 0) is 14.3 Å². The molecule has 1 heterocycles. The van der Waals surface area contributed by atoms with Crippen molar-refractivity contribution in [3.05, 3.63) is 0 Å². The van der Waals surface area contributed by atoms with Gasteiger partial charge in [-0.2, -0.15) is 0 Å². The lowest BCUT2D eigenvalue weighted by Crippen LogP contribution is -2.35. The number of nitrogens with two attached hydrogens (primary N) is 1. The van der Waals surface area contributed by atoms with Crippen molar-refractivity contribution in [2.45, 2.75) is 18.5 Å². The van der Waals surface area contributed by atoms with Gasteiger partial charge in [-0.1, -0.05) is 0 Å². The second-order valence-electron chi connectivity index (χ2n) is 2.43. The molecule has 0 bridgehead atoms. The van der Waals surface area contributed by atoms with Crippen molar-refractivity contribution < 1.29 is 14.3 Å². The summed E-state index contributed by atoms with van der Waals surface area (Å²) in [5.41, 5.74) is 5.34. The van der Waals surface area contributed by atoms with Crippen LogP contribution in [0.5, 0.6) is 0 Å². The molecule has 1 aliphatic rings. The molecule has 0 radical (unpaired) electrons. The van der Waals surface area contributed by atoms with E-state index < -0.39 is 18.1 Å². The average molecular weight is 158 g/mol. The fourth-order valence-electron chi connectivity index (χ4n) is 0.996. The minimum absolute atomic E-state index is 0.291. The summed E-state index contributed by atoms with van der Waals surface area (Å²) in [7, 11) is 1.28. The smallest absolute Gasteiger partial charge is 0.328 e. The maximum absolute atomic E-state index is 10.8. The lowest BCUT2D eigenvalue weighted by atomic mass is 10.2. The largest absolute Gasteiger partial charge is 0.467 e. The van der Waals surface area contributed by atoms with Crippen LogP contribution in [0.2, 0.25) is 0 Å². The maximum atomic E-state index is 10.8. The van der Waals surface area contributed by atoms with Gasteiger partial charge in [-0.15, -0.1) is 0 Å². The van der Waals surface area contributed by atoms with Crippen molar-refractivity contribution in [1.29, 1.82) is 0 Å². The van der Waals surface area contributed by atoms with Gasteiger partial charge in [-0.05, 0) is 0 Å². The number of amides is 1. The molecule has 0 aromatic carbocycles. The minimum Gasteiger partial charge on any atom is -0.467 e. The van der Waals surface area contributed by atoms with Crippen LogP contribution in [0.1, 0.15) is 6.42 Å². The van der Waals surface area contributed by atoms with Crippen molar-refractivity contribution >= 4 is 11.9 Å². The van der Waals surface area contributed by atoms with E-state index in [0.29, 0.717) is 6.42 Å². The van der Waals surface area contributed by atoms with Gasteiger partial charge in [0, 0.05) is 6.42 Å². The van der Waals surface area contributed by atoms with E-state index in [4.69, 9.17) is 5.73 Å². The van der Waals surface area contributed by atoms with Crippen molar-refractivity contribution in [2.75, 3.05) is 7.11 Å². The summed E-state index contributed by atoms with van der Waals surface area (Å²) >= 11 is 0. The van der Waals surface area contributed by atoms with Crippen LogP contribution in [0.4, 0.5) is 0 Å². The Labute approximate surface area is 63.9 Å². The molecule has 5 heteroatoms. The number of rotatable bonds is 1. The first kappa shape index (κ1) is 8.00. The van der Waals surface area contributed by atoms with Gasteiger partial charge in [0.05, 0.1) is 13.2 Å². The predicted octanol–water partition coefficient (Wildman–Crippen LogP) is -1.62. The molecule has 0 aromatic rings. The van der Waals surface area contributed by atoms with E-state index in [2.05, 4.69) is 10.1 Å². The molecule has 1 rings (SSSR count). The van der Waals surface area contributed by atoms with E-state index in [1.54, 1.807) is 0 Å². The Balaban J connectivity index is 2.53. The quantitative estimate of drug-likeness (QED) is 0.449. The number of carbonyl (C=O) groups excluding carboxylic acids is 2. The monoisotopic (exact) mass is 158 g/mol. The summed E-state index contributed by atoms with van der Waals surface area (Å²) in [6.07, 6.45) is 0.325. The fourth-order valence-corrected chi connectivity index (χ4v) is 0.996. The van der Waals surface area contributed by atoms with Gasteiger partial charge in [0.25, 0.3) is 0 Å². The number of hydrogen-bond donors (Lipinski definition) is 2. The van der Waals surface area contributed by atoms with Crippen molar-refractivity contribution in [1.82, 2.24) is 5.32 Å². The zero-order chi connectivity index (χ0) is 8.43. The molecule has 0 aliphatic carbocycles. The maximum Gasteiger partial charge on any atom is 0.328 e. The van der Waals surface area contributed by atoms with Gasteiger partial charge in [-0.3, -0.25) is 4.79 Å². The molecule has 1 saturated heterocycles. The van der Waals surface area contributed by atoms with Crippen LogP contribution < -0.4 is 11.1 Å². The number of nitrogens with one attached hydrogen (secondary N) is 1. The Morgan fingerprint density at radius 2 is 2.45 bits per heavy atom. The summed E-state index contributed by atoms with van der Waals surface area (Å²) in [6.45, 7) is 0. The molecule has 5 nitrogen and oxygen atoms in total. The molecule has 0 aromatic heterocycles. The van der Waals surface area contributed by atoms with Crippen LogP contribution in [0.25, 0.3) is 0 Å². The molecule has 0 saturated carbocycles. The highest BCUT2D eigenvalue weighted by molar-refractivity contribution is 5.91. The lowest BCUT2D eigenvalue weighted by Gasteiger charge is -2.04. The zero-order valence-corrected chi connectivity index (χ0v) is 6.16. The van der Waals surface area contributed by atoms with E-state index in [1.165, 1.54) is 7.11 Å². The third-order valence-electron chi connectivity index (χ3n) is 1.63. The molecule has 2 unspecified atom stereocenters. The molecule has 2 atom stereocenters. The summed E-state index contributed by atoms with van der Waals surface area (Å²) in [5.74, 6) is -0.730. The summed E-state index contributed by atoms with van der Waals surface area (Å²) in [6, 6.07) is -1.12. The molecule has 1 amide bonds. The number of hydrogen-bond acceptors (Lipinski definition) is 4. The first-order chi connectivity index (χ1) is 5.15. The van der Waals surface area contributed by atoms with Gasteiger partial charge in [0.15, 0.2) is 0 Å². The normalized spacial score (nSPS) is 29.8. The fraction of sp³-hybridized carbons (Fsp3) is 0.667. The Kier molecular flexibility index (Phi) is 2.09.